The Morgan fingerprint density at radius 1 is 1.14 bits per heavy atom. The van der Waals surface area contributed by atoms with Crippen LogP contribution in [0.15, 0.2) is 55.0 Å². The molecule has 4 nitrogen and oxygen atoms in total. The number of pyridine rings is 1. The topological polar surface area (TPSA) is 58.6 Å². The minimum Gasteiger partial charge on any atom is -0.294 e. The summed E-state index contributed by atoms with van der Waals surface area (Å²) in [4.78, 5) is 15.9. The first-order valence-corrected chi connectivity index (χ1v) is 6.92. The monoisotopic (exact) mass is 295 g/mol. The summed E-state index contributed by atoms with van der Waals surface area (Å²) in [5.74, 6) is -0.893. The fourth-order valence-corrected chi connectivity index (χ4v) is 2.32. The Bertz CT molecular complexity index is 783. The fourth-order valence-electron chi connectivity index (χ4n) is 2.32. The molecule has 0 aliphatic carbocycles. The Morgan fingerprint density at radius 2 is 1.95 bits per heavy atom. The minimum atomic E-state index is -0.600. The number of Topliss-reactive ketones (excluding diaryl/α,β-unsaturated/α-hetero) is 1. The van der Waals surface area contributed by atoms with Gasteiger partial charge in [0, 0.05) is 18.3 Å². The summed E-state index contributed by atoms with van der Waals surface area (Å²) in [6.45, 7) is 0. The van der Waals surface area contributed by atoms with E-state index in [1.807, 2.05) is 30.3 Å². The zero-order valence-electron chi connectivity index (χ0n) is 11.8. The second-order valence-electron chi connectivity index (χ2n) is 4.99. The largest absolute Gasteiger partial charge is 0.294 e. The van der Waals surface area contributed by atoms with Crippen molar-refractivity contribution in [2.75, 3.05) is 0 Å². The van der Waals surface area contributed by atoms with Crippen LogP contribution in [0.25, 0.3) is 0 Å². The van der Waals surface area contributed by atoms with Gasteiger partial charge in [-0.05, 0) is 17.2 Å². The van der Waals surface area contributed by atoms with E-state index in [0.717, 1.165) is 17.3 Å². The highest BCUT2D eigenvalue weighted by atomic mass is 19.1. The highest BCUT2D eigenvalue weighted by Crippen LogP contribution is 2.15. The number of halogens is 1. The Hall–Kier alpha value is -2.82. The van der Waals surface area contributed by atoms with Crippen molar-refractivity contribution in [1.82, 2.24) is 15.2 Å². The first kappa shape index (κ1) is 14.1. The Balaban J connectivity index is 1.78. The summed E-state index contributed by atoms with van der Waals surface area (Å²) >= 11 is 0. The van der Waals surface area contributed by atoms with E-state index < -0.39 is 5.82 Å². The molecule has 110 valence electrons. The van der Waals surface area contributed by atoms with Crippen molar-refractivity contribution >= 4 is 5.78 Å². The zero-order chi connectivity index (χ0) is 15.4. The molecule has 5 heteroatoms. The number of H-pyrrole nitrogens is 1. The molecule has 0 radical (unpaired) electrons. The standard InChI is InChI=1S/C17H14FN3O/c18-15-11-19-7-6-14(15)17(22)9-16-13(10-20-21-16)8-12-4-2-1-3-5-12/h1-7,10-11H,8-9H2,(H,20,21). The first-order chi connectivity index (χ1) is 10.7. The van der Waals surface area contributed by atoms with E-state index >= 15 is 0 Å². The maximum Gasteiger partial charge on any atom is 0.171 e. The van der Waals surface area contributed by atoms with Crippen molar-refractivity contribution < 1.29 is 9.18 Å². The van der Waals surface area contributed by atoms with Gasteiger partial charge >= 0.3 is 0 Å². The smallest absolute Gasteiger partial charge is 0.171 e. The van der Waals surface area contributed by atoms with Crippen molar-refractivity contribution in [3.8, 4) is 0 Å². The van der Waals surface area contributed by atoms with Gasteiger partial charge in [-0.1, -0.05) is 30.3 Å². The second kappa shape index (κ2) is 6.30. The molecule has 22 heavy (non-hydrogen) atoms. The number of rotatable bonds is 5. The number of nitrogens with one attached hydrogen (secondary N) is 1. The quantitative estimate of drug-likeness (QED) is 0.736. The highest BCUT2D eigenvalue weighted by molar-refractivity contribution is 5.97. The van der Waals surface area contributed by atoms with Crippen LogP contribution < -0.4 is 0 Å². The zero-order valence-corrected chi connectivity index (χ0v) is 11.8. The predicted octanol–water partition coefficient (Wildman–Crippen LogP) is 2.96. The van der Waals surface area contributed by atoms with Crippen LogP contribution >= 0.6 is 0 Å². The number of nitrogens with zero attached hydrogens (tertiary/aromatic N) is 2. The predicted molar refractivity (Wildman–Crippen MR) is 80.1 cm³/mol. The van der Waals surface area contributed by atoms with Gasteiger partial charge in [-0.2, -0.15) is 5.10 Å². The maximum absolute atomic E-state index is 13.6. The normalized spacial score (nSPS) is 10.6. The highest BCUT2D eigenvalue weighted by Gasteiger charge is 2.15. The van der Waals surface area contributed by atoms with Crippen LogP contribution in [-0.4, -0.2) is 21.0 Å². The minimum absolute atomic E-state index is 0.0512. The summed E-state index contributed by atoms with van der Waals surface area (Å²) in [7, 11) is 0. The average Bonchev–Trinajstić information content (AvgIpc) is 2.95. The van der Waals surface area contributed by atoms with Gasteiger partial charge in [0.25, 0.3) is 0 Å². The number of carbonyl (C=O) groups excluding carboxylic acids is 1. The van der Waals surface area contributed by atoms with E-state index in [0.29, 0.717) is 12.1 Å². The number of hydrogen-bond donors (Lipinski definition) is 1. The van der Waals surface area contributed by atoms with Gasteiger partial charge in [-0.25, -0.2) is 4.39 Å². The maximum atomic E-state index is 13.6. The number of aromatic amines is 1. The van der Waals surface area contributed by atoms with Crippen molar-refractivity contribution in [3.05, 3.63) is 83.2 Å². The molecule has 0 unspecified atom stereocenters. The molecule has 0 saturated carbocycles. The van der Waals surface area contributed by atoms with Gasteiger partial charge < -0.3 is 0 Å². The van der Waals surface area contributed by atoms with Crippen LogP contribution in [0.2, 0.25) is 0 Å². The van der Waals surface area contributed by atoms with Crippen molar-refractivity contribution in [2.45, 2.75) is 12.8 Å². The molecule has 2 heterocycles. The number of hydrogen-bond acceptors (Lipinski definition) is 3. The average molecular weight is 295 g/mol. The number of aromatic nitrogens is 3. The molecule has 1 aromatic carbocycles. The van der Waals surface area contributed by atoms with Crippen LogP contribution in [0.5, 0.6) is 0 Å². The van der Waals surface area contributed by atoms with Gasteiger partial charge in [0.05, 0.1) is 24.4 Å². The summed E-state index contributed by atoms with van der Waals surface area (Å²) in [6, 6.07) is 11.3. The molecule has 0 fully saturated rings. The van der Waals surface area contributed by atoms with Gasteiger partial charge in [-0.15, -0.1) is 0 Å². The lowest BCUT2D eigenvalue weighted by Crippen LogP contribution is -2.08. The third-order valence-electron chi connectivity index (χ3n) is 3.46. The molecular weight excluding hydrogens is 281 g/mol. The van der Waals surface area contributed by atoms with Crippen LogP contribution in [0.4, 0.5) is 4.39 Å². The lowest BCUT2D eigenvalue weighted by atomic mass is 10.0. The lowest BCUT2D eigenvalue weighted by Gasteiger charge is -2.04. The van der Waals surface area contributed by atoms with Crippen molar-refractivity contribution in [3.63, 3.8) is 0 Å². The number of ketones is 1. The summed E-state index contributed by atoms with van der Waals surface area (Å²) < 4.78 is 13.6. The summed E-state index contributed by atoms with van der Waals surface area (Å²) in [5.41, 5.74) is 2.84. The molecule has 0 bridgehead atoms. The van der Waals surface area contributed by atoms with Crippen molar-refractivity contribution in [2.24, 2.45) is 0 Å². The van der Waals surface area contributed by atoms with Gasteiger partial charge in [-0.3, -0.25) is 14.9 Å². The van der Waals surface area contributed by atoms with E-state index in [1.54, 1.807) is 6.20 Å². The van der Waals surface area contributed by atoms with Crippen LogP contribution in [-0.2, 0) is 12.8 Å². The van der Waals surface area contributed by atoms with Crippen LogP contribution in [0.1, 0.15) is 27.2 Å². The van der Waals surface area contributed by atoms with E-state index in [4.69, 9.17) is 0 Å². The molecule has 0 aliphatic rings. The number of carbonyl (C=O) groups is 1. The van der Waals surface area contributed by atoms with Gasteiger partial charge in [0.15, 0.2) is 11.6 Å². The van der Waals surface area contributed by atoms with E-state index in [-0.39, 0.29) is 17.8 Å². The summed E-state index contributed by atoms with van der Waals surface area (Å²) in [6.07, 6.45) is 4.93. The molecule has 1 N–H and O–H groups in total. The van der Waals surface area contributed by atoms with Crippen LogP contribution in [0.3, 0.4) is 0 Å². The van der Waals surface area contributed by atoms with Gasteiger partial charge in [0.1, 0.15) is 0 Å². The van der Waals surface area contributed by atoms with Crippen molar-refractivity contribution in [1.29, 1.82) is 0 Å². The molecule has 0 amide bonds. The molecular formula is C17H14FN3O. The molecule has 3 aromatic rings. The second-order valence-corrected chi connectivity index (χ2v) is 4.99. The number of benzene rings is 1. The van der Waals surface area contributed by atoms with E-state index in [2.05, 4.69) is 15.2 Å². The lowest BCUT2D eigenvalue weighted by molar-refractivity contribution is 0.0987. The third kappa shape index (κ3) is 3.09. The van der Waals surface area contributed by atoms with Crippen LogP contribution in [0, 0.1) is 5.82 Å². The molecule has 0 spiro atoms. The summed E-state index contributed by atoms with van der Waals surface area (Å²) in [5, 5.41) is 6.84. The molecule has 3 rings (SSSR count). The van der Waals surface area contributed by atoms with Gasteiger partial charge in [0.2, 0.25) is 0 Å². The third-order valence-corrected chi connectivity index (χ3v) is 3.46. The van der Waals surface area contributed by atoms with E-state index in [9.17, 15) is 9.18 Å². The fraction of sp³-hybridized carbons (Fsp3) is 0.118. The molecule has 2 aromatic heterocycles. The molecule has 0 aliphatic heterocycles. The SMILES string of the molecule is O=C(Cc1[nH]ncc1Cc1ccccc1)c1ccncc1F. The van der Waals surface area contributed by atoms with E-state index in [1.165, 1.54) is 12.3 Å². The first-order valence-electron chi connectivity index (χ1n) is 6.92. The Kier molecular flexibility index (Phi) is 4.05. The Labute approximate surface area is 127 Å². The molecule has 0 atom stereocenters. The molecule has 0 saturated heterocycles. The Morgan fingerprint density at radius 3 is 2.73 bits per heavy atom.